The first-order chi connectivity index (χ1) is 11.1. The lowest BCUT2D eigenvalue weighted by molar-refractivity contribution is -0.0241. The SMILES string of the molecule is C=C1N=C(C(C)C)C=CC1[C@@H]1O[C@H](CCP(=C)(C)C)[C@@H](O)[C@H]1OC. The quantitative estimate of drug-likeness (QED) is 0.747. The van der Waals surface area contributed by atoms with Gasteiger partial charge in [0.1, 0.15) is 12.2 Å². The molecule has 0 bridgehead atoms. The maximum atomic E-state index is 10.6. The molecule has 1 fully saturated rings. The van der Waals surface area contributed by atoms with Crippen LogP contribution in [0.2, 0.25) is 0 Å². The van der Waals surface area contributed by atoms with E-state index in [4.69, 9.17) is 9.47 Å². The molecule has 2 heterocycles. The average Bonchev–Trinajstić information content (AvgIpc) is 2.80. The number of aliphatic hydroxyl groups excluding tert-OH is 1. The van der Waals surface area contributed by atoms with E-state index in [1.165, 1.54) is 0 Å². The normalized spacial score (nSPS) is 34.0. The van der Waals surface area contributed by atoms with Crippen molar-refractivity contribution in [3.8, 4) is 0 Å². The molecule has 2 aliphatic rings. The van der Waals surface area contributed by atoms with E-state index >= 15 is 0 Å². The Kier molecular flexibility index (Phi) is 6.30. The summed E-state index contributed by atoms with van der Waals surface area (Å²) in [5.74, 6) is 0.308. The second-order valence-corrected chi connectivity index (χ2v) is 12.2. The van der Waals surface area contributed by atoms with Crippen LogP contribution in [-0.2, 0) is 9.47 Å². The molecule has 2 aliphatic heterocycles. The van der Waals surface area contributed by atoms with Crippen molar-refractivity contribution in [3.63, 3.8) is 0 Å². The topological polar surface area (TPSA) is 51.0 Å². The van der Waals surface area contributed by atoms with Crippen LogP contribution in [0.1, 0.15) is 20.3 Å². The number of dihydropyridines is 1. The summed E-state index contributed by atoms with van der Waals surface area (Å²) in [6, 6.07) is 0. The molecule has 5 heteroatoms. The Morgan fingerprint density at radius 1 is 1.42 bits per heavy atom. The number of rotatable bonds is 6. The monoisotopic (exact) mass is 353 g/mol. The summed E-state index contributed by atoms with van der Waals surface area (Å²) in [7, 11) is 1.63. The van der Waals surface area contributed by atoms with E-state index in [0.29, 0.717) is 5.92 Å². The summed E-state index contributed by atoms with van der Waals surface area (Å²) in [5.41, 5.74) is 1.81. The van der Waals surface area contributed by atoms with E-state index in [0.717, 1.165) is 24.0 Å². The molecule has 1 saturated heterocycles. The summed E-state index contributed by atoms with van der Waals surface area (Å²) in [5, 5.41) is 10.6. The van der Waals surface area contributed by atoms with Crippen molar-refractivity contribution < 1.29 is 14.6 Å². The zero-order valence-electron chi connectivity index (χ0n) is 15.6. The van der Waals surface area contributed by atoms with Gasteiger partial charge in [0, 0.05) is 24.4 Å². The maximum Gasteiger partial charge on any atom is 0.113 e. The van der Waals surface area contributed by atoms with Gasteiger partial charge in [-0.25, -0.2) is 0 Å². The Morgan fingerprint density at radius 2 is 2.08 bits per heavy atom. The van der Waals surface area contributed by atoms with Crippen LogP contribution in [0.3, 0.4) is 0 Å². The van der Waals surface area contributed by atoms with E-state index in [9.17, 15) is 5.11 Å². The molecule has 0 aromatic heterocycles. The number of methoxy groups -OCH3 is 1. The third-order valence-electron chi connectivity index (χ3n) is 4.74. The lowest BCUT2D eigenvalue weighted by Gasteiger charge is -2.28. The highest BCUT2D eigenvalue weighted by molar-refractivity contribution is 7.72. The highest BCUT2D eigenvalue weighted by Crippen LogP contribution is 2.40. The molecule has 0 spiro atoms. The number of allylic oxidation sites excluding steroid dienone is 1. The van der Waals surface area contributed by atoms with Gasteiger partial charge in [0.15, 0.2) is 0 Å². The van der Waals surface area contributed by atoms with Gasteiger partial charge in [0.2, 0.25) is 0 Å². The van der Waals surface area contributed by atoms with Crippen molar-refractivity contribution in [1.82, 2.24) is 0 Å². The highest BCUT2D eigenvalue weighted by Gasteiger charge is 2.47. The number of aliphatic hydroxyl groups is 1. The molecule has 0 radical (unpaired) electrons. The van der Waals surface area contributed by atoms with Crippen molar-refractivity contribution in [2.45, 2.75) is 44.7 Å². The fourth-order valence-corrected chi connectivity index (χ4v) is 4.21. The smallest absolute Gasteiger partial charge is 0.113 e. The fourth-order valence-electron chi connectivity index (χ4n) is 3.26. The van der Waals surface area contributed by atoms with Crippen LogP contribution in [0.25, 0.3) is 0 Å². The van der Waals surface area contributed by atoms with Crippen molar-refractivity contribution in [3.05, 3.63) is 24.4 Å². The predicted molar refractivity (Wildman–Crippen MR) is 105 cm³/mol. The van der Waals surface area contributed by atoms with Gasteiger partial charge in [-0.15, -0.1) is 13.2 Å². The van der Waals surface area contributed by atoms with Crippen LogP contribution < -0.4 is 0 Å². The molecule has 0 amide bonds. The summed E-state index contributed by atoms with van der Waals surface area (Å²) >= 11 is 0. The Labute approximate surface area is 146 Å². The number of ether oxygens (including phenoxy) is 2. The first-order valence-corrected chi connectivity index (χ1v) is 11.7. The molecule has 5 atom stereocenters. The average molecular weight is 353 g/mol. The van der Waals surface area contributed by atoms with E-state index in [1.807, 2.05) is 6.08 Å². The van der Waals surface area contributed by atoms with Gasteiger partial charge < -0.3 is 14.6 Å². The minimum absolute atomic E-state index is 0.0559. The Balaban J connectivity index is 2.11. The van der Waals surface area contributed by atoms with E-state index in [-0.39, 0.29) is 24.2 Å². The molecule has 24 heavy (non-hydrogen) atoms. The van der Waals surface area contributed by atoms with Crippen molar-refractivity contribution in [2.24, 2.45) is 16.8 Å². The van der Waals surface area contributed by atoms with Gasteiger partial charge >= 0.3 is 0 Å². The number of hydrogen-bond donors (Lipinski definition) is 1. The van der Waals surface area contributed by atoms with Crippen LogP contribution in [0.15, 0.2) is 29.4 Å². The third-order valence-corrected chi connectivity index (χ3v) is 6.21. The zero-order chi connectivity index (χ0) is 18.1. The highest BCUT2D eigenvalue weighted by atomic mass is 31.2. The molecule has 0 aromatic rings. The van der Waals surface area contributed by atoms with Crippen LogP contribution in [0.5, 0.6) is 0 Å². The third kappa shape index (κ3) is 4.49. The maximum absolute atomic E-state index is 10.6. The number of aliphatic imine (C=N–C) groups is 1. The molecule has 4 nitrogen and oxygen atoms in total. The molecule has 2 rings (SSSR count). The number of hydrogen-bond acceptors (Lipinski definition) is 4. The van der Waals surface area contributed by atoms with E-state index in [1.54, 1.807) is 7.11 Å². The Morgan fingerprint density at radius 3 is 2.58 bits per heavy atom. The van der Waals surface area contributed by atoms with Crippen LogP contribution >= 0.6 is 6.89 Å². The van der Waals surface area contributed by atoms with Gasteiger partial charge in [-0.1, -0.05) is 26.5 Å². The minimum Gasteiger partial charge on any atom is -0.388 e. The molecule has 0 saturated carbocycles. The molecular weight excluding hydrogens is 321 g/mol. The van der Waals surface area contributed by atoms with Gasteiger partial charge in [-0.2, -0.15) is 0 Å². The summed E-state index contributed by atoms with van der Waals surface area (Å²) in [4.78, 5) is 4.63. The molecule has 1 N–H and O–H groups in total. The second kappa shape index (κ2) is 7.70. The van der Waals surface area contributed by atoms with E-state index in [2.05, 4.69) is 51.1 Å². The summed E-state index contributed by atoms with van der Waals surface area (Å²) in [6.07, 6.45) is 8.75. The molecular formula is C19H32NO3P. The molecule has 0 aromatic carbocycles. The number of nitrogens with zero attached hydrogens (tertiary/aromatic N) is 1. The van der Waals surface area contributed by atoms with Crippen molar-refractivity contribution in [2.75, 3.05) is 26.6 Å². The van der Waals surface area contributed by atoms with Gasteiger partial charge in [-0.3, -0.25) is 4.99 Å². The molecule has 136 valence electrons. The van der Waals surface area contributed by atoms with Crippen molar-refractivity contribution >= 4 is 18.9 Å². The van der Waals surface area contributed by atoms with E-state index < -0.39 is 13.0 Å². The second-order valence-electron chi connectivity index (χ2n) is 7.85. The van der Waals surface area contributed by atoms with Crippen LogP contribution in [0, 0.1) is 11.8 Å². The first kappa shape index (κ1) is 19.7. The first-order valence-electron chi connectivity index (χ1n) is 8.63. The Bertz CT molecular complexity index is 575. The van der Waals surface area contributed by atoms with Crippen molar-refractivity contribution in [1.29, 1.82) is 0 Å². The Hall–Kier alpha value is -0.670. The van der Waals surface area contributed by atoms with Crippen LogP contribution in [-0.4, -0.2) is 68.1 Å². The largest absolute Gasteiger partial charge is 0.388 e. The van der Waals surface area contributed by atoms with Crippen LogP contribution in [0.4, 0.5) is 0 Å². The standard InChI is InChI=1S/C19H32NO3P/c1-12(2)15-9-8-14(13(3)20-15)18-19(22-4)17(21)16(23-18)10-11-24(5,6)7/h8-9,12,14,16-19,21H,3,5,10-11H2,1-2,4,6-7H3/t14?,16-,17-,18+,19-/m1/s1. The minimum atomic E-state index is -1.14. The van der Waals surface area contributed by atoms with Gasteiger partial charge in [0.25, 0.3) is 0 Å². The summed E-state index contributed by atoms with van der Waals surface area (Å²) < 4.78 is 11.8. The lowest BCUT2D eigenvalue weighted by Crippen LogP contribution is -2.38. The van der Waals surface area contributed by atoms with Gasteiger partial charge in [-0.05, 0) is 37.9 Å². The molecule has 0 aliphatic carbocycles. The lowest BCUT2D eigenvalue weighted by atomic mass is 9.90. The summed E-state index contributed by atoms with van der Waals surface area (Å²) in [6.45, 7) is 11.6. The van der Waals surface area contributed by atoms with Gasteiger partial charge in [0.05, 0.1) is 12.2 Å². The zero-order valence-corrected chi connectivity index (χ0v) is 16.5. The molecule has 1 unspecified atom stereocenters. The fraction of sp³-hybridized carbons (Fsp3) is 0.684. The predicted octanol–water partition coefficient (Wildman–Crippen LogP) is 3.03.